The van der Waals surface area contributed by atoms with Gasteiger partial charge in [0.05, 0.1) is 5.00 Å². The van der Waals surface area contributed by atoms with Gasteiger partial charge >= 0.3 is 5.97 Å². The quantitative estimate of drug-likeness (QED) is 0.849. The summed E-state index contributed by atoms with van der Waals surface area (Å²) in [5.41, 5.74) is 0.683. The first-order valence-electron chi connectivity index (χ1n) is 5.64. The Morgan fingerprint density at radius 1 is 1.41 bits per heavy atom. The van der Waals surface area contributed by atoms with Crippen molar-refractivity contribution in [2.24, 2.45) is 5.92 Å². The average molecular weight is 255 g/mol. The smallest absolute Gasteiger partial charge is 0.346 e. The van der Waals surface area contributed by atoms with E-state index in [0.717, 1.165) is 24.2 Å². The van der Waals surface area contributed by atoms with Gasteiger partial charge in [0.1, 0.15) is 4.88 Å². The number of nitrogens with one attached hydrogen (secondary N) is 1. The summed E-state index contributed by atoms with van der Waals surface area (Å²) in [6, 6.07) is 1.70. The predicted octanol–water partition coefficient (Wildman–Crippen LogP) is 3.13. The number of carboxylic acids is 1. The summed E-state index contributed by atoms with van der Waals surface area (Å²) < 4.78 is 0. The van der Waals surface area contributed by atoms with E-state index < -0.39 is 5.97 Å². The van der Waals surface area contributed by atoms with E-state index in [4.69, 9.17) is 5.11 Å². The normalized spacial score (nSPS) is 10.6. The Morgan fingerprint density at radius 3 is 2.41 bits per heavy atom. The molecule has 1 rings (SSSR count). The minimum atomic E-state index is -0.949. The van der Waals surface area contributed by atoms with Crippen molar-refractivity contribution < 1.29 is 14.7 Å². The zero-order chi connectivity index (χ0) is 13.0. The van der Waals surface area contributed by atoms with Gasteiger partial charge in [0.25, 0.3) is 0 Å². The summed E-state index contributed by atoms with van der Waals surface area (Å²) in [4.78, 5) is 23.0. The second-order valence-corrected chi connectivity index (χ2v) is 4.98. The Kier molecular flexibility index (Phi) is 4.69. The standard InChI is InChI=1S/C12H17NO3S/c1-4-8(5-2)11(14)13-9-6-7(3)10(17-9)12(15)16/h6,8H,4-5H2,1-3H3,(H,13,14)(H,15,16). The SMILES string of the molecule is CCC(CC)C(=O)Nc1cc(C)c(C(=O)O)s1. The average Bonchev–Trinajstić information content (AvgIpc) is 2.61. The van der Waals surface area contributed by atoms with Gasteiger partial charge < -0.3 is 10.4 Å². The molecule has 1 amide bonds. The summed E-state index contributed by atoms with van der Waals surface area (Å²) in [7, 11) is 0. The monoisotopic (exact) mass is 255 g/mol. The Bertz CT molecular complexity index is 421. The molecular formula is C12H17NO3S. The van der Waals surface area contributed by atoms with Crippen LogP contribution in [0.4, 0.5) is 5.00 Å². The molecule has 17 heavy (non-hydrogen) atoms. The van der Waals surface area contributed by atoms with Crippen molar-refractivity contribution in [1.82, 2.24) is 0 Å². The van der Waals surface area contributed by atoms with E-state index in [2.05, 4.69) is 5.32 Å². The third-order valence-electron chi connectivity index (χ3n) is 2.71. The number of carboxylic acid groups (broad SMARTS) is 1. The second-order valence-electron chi connectivity index (χ2n) is 3.93. The number of amides is 1. The van der Waals surface area contributed by atoms with Crippen LogP contribution in [0.2, 0.25) is 0 Å². The minimum absolute atomic E-state index is 0.00863. The van der Waals surface area contributed by atoms with Crippen molar-refractivity contribution in [1.29, 1.82) is 0 Å². The molecular weight excluding hydrogens is 238 g/mol. The Labute approximate surface area is 105 Å². The van der Waals surface area contributed by atoms with E-state index in [1.807, 2.05) is 13.8 Å². The number of carbonyl (C=O) groups excluding carboxylic acids is 1. The Balaban J connectivity index is 2.79. The van der Waals surface area contributed by atoms with Crippen LogP contribution in [-0.2, 0) is 4.79 Å². The highest BCUT2D eigenvalue weighted by molar-refractivity contribution is 7.18. The lowest BCUT2D eigenvalue weighted by Crippen LogP contribution is -2.20. The third-order valence-corrected chi connectivity index (χ3v) is 3.86. The zero-order valence-corrected chi connectivity index (χ0v) is 11.1. The van der Waals surface area contributed by atoms with Gasteiger partial charge in [0.15, 0.2) is 0 Å². The molecule has 2 N–H and O–H groups in total. The van der Waals surface area contributed by atoms with E-state index in [1.165, 1.54) is 0 Å². The van der Waals surface area contributed by atoms with E-state index in [-0.39, 0.29) is 16.7 Å². The van der Waals surface area contributed by atoms with Crippen LogP contribution in [0.15, 0.2) is 6.07 Å². The van der Waals surface area contributed by atoms with E-state index >= 15 is 0 Å². The van der Waals surface area contributed by atoms with Crippen LogP contribution in [0.3, 0.4) is 0 Å². The van der Waals surface area contributed by atoms with Crippen LogP contribution < -0.4 is 5.32 Å². The predicted molar refractivity (Wildman–Crippen MR) is 68.7 cm³/mol. The number of hydrogen-bond acceptors (Lipinski definition) is 3. The van der Waals surface area contributed by atoms with Gasteiger partial charge in [0, 0.05) is 5.92 Å². The van der Waals surface area contributed by atoms with E-state index in [0.29, 0.717) is 10.6 Å². The molecule has 0 bridgehead atoms. The van der Waals surface area contributed by atoms with Crippen molar-refractivity contribution in [3.8, 4) is 0 Å². The molecule has 4 nitrogen and oxygen atoms in total. The van der Waals surface area contributed by atoms with Crippen molar-refractivity contribution >= 4 is 28.2 Å². The van der Waals surface area contributed by atoms with Crippen LogP contribution in [0.25, 0.3) is 0 Å². The maximum absolute atomic E-state index is 11.8. The summed E-state index contributed by atoms with van der Waals surface area (Å²) in [6.45, 7) is 5.67. The molecule has 0 unspecified atom stereocenters. The fourth-order valence-electron chi connectivity index (χ4n) is 1.64. The summed E-state index contributed by atoms with van der Waals surface area (Å²) >= 11 is 1.10. The van der Waals surface area contributed by atoms with Crippen molar-refractivity contribution in [2.75, 3.05) is 5.32 Å². The molecule has 0 fully saturated rings. The van der Waals surface area contributed by atoms with Crippen LogP contribution in [0.1, 0.15) is 41.9 Å². The third kappa shape index (κ3) is 3.30. The van der Waals surface area contributed by atoms with Gasteiger partial charge in [-0.15, -0.1) is 11.3 Å². The molecule has 0 aromatic carbocycles. The molecule has 0 atom stereocenters. The molecule has 5 heteroatoms. The van der Waals surface area contributed by atoms with Gasteiger partial charge in [-0.25, -0.2) is 4.79 Å². The molecule has 0 radical (unpaired) electrons. The highest BCUT2D eigenvalue weighted by atomic mass is 32.1. The topological polar surface area (TPSA) is 66.4 Å². The van der Waals surface area contributed by atoms with Crippen LogP contribution in [0.5, 0.6) is 0 Å². The maximum atomic E-state index is 11.8. The molecule has 0 spiro atoms. The number of aryl methyl sites for hydroxylation is 1. The van der Waals surface area contributed by atoms with Crippen molar-refractivity contribution in [3.63, 3.8) is 0 Å². The van der Waals surface area contributed by atoms with Gasteiger partial charge in [-0.3, -0.25) is 4.79 Å². The molecule has 94 valence electrons. The van der Waals surface area contributed by atoms with Crippen molar-refractivity contribution in [2.45, 2.75) is 33.6 Å². The first-order valence-corrected chi connectivity index (χ1v) is 6.45. The first kappa shape index (κ1) is 13.7. The summed E-state index contributed by atoms with van der Waals surface area (Å²) in [5.74, 6) is -0.991. The summed E-state index contributed by atoms with van der Waals surface area (Å²) in [5, 5.41) is 12.3. The van der Waals surface area contributed by atoms with Crippen molar-refractivity contribution in [3.05, 3.63) is 16.5 Å². The fraction of sp³-hybridized carbons (Fsp3) is 0.500. The molecule has 0 aliphatic heterocycles. The minimum Gasteiger partial charge on any atom is -0.477 e. The van der Waals surface area contributed by atoms with Gasteiger partial charge in [-0.1, -0.05) is 13.8 Å². The second kappa shape index (κ2) is 5.82. The van der Waals surface area contributed by atoms with E-state index in [1.54, 1.807) is 13.0 Å². The number of rotatable bonds is 5. The molecule has 0 aliphatic rings. The zero-order valence-electron chi connectivity index (χ0n) is 10.2. The molecule has 1 aromatic heterocycles. The van der Waals surface area contributed by atoms with Gasteiger partial charge in [-0.05, 0) is 31.4 Å². The fourth-order valence-corrected chi connectivity index (χ4v) is 2.55. The van der Waals surface area contributed by atoms with E-state index in [9.17, 15) is 9.59 Å². The number of anilines is 1. The largest absolute Gasteiger partial charge is 0.477 e. The number of thiophene rings is 1. The van der Waals surface area contributed by atoms with Crippen LogP contribution >= 0.6 is 11.3 Å². The molecule has 1 heterocycles. The summed E-state index contributed by atoms with van der Waals surface area (Å²) in [6.07, 6.45) is 1.58. The first-order chi connectivity index (χ1) is 7.99. The number of hydrogen-bond donors (Lipinski definition) is 2. The van der Waals surface area contributed by atoms with Crippen LogP contribution in [0, 0.1) is 12.8 Å². The van der Waals surface area contributed by atoms with Gasteiger partial charge in [0.2, 0.25) is 5.91 Å². The Hall–Kier alpha value is -1.36. The lowest BCUT2D eigenvalue weighted by Gasteiger charge is -2.10. The number of carbonyl (C=O) groups is 2. The van der Waals surface area contributed by atoms with Crippen LogP contribution in [-0.4, -0.2) is 17.0 Å². The lowest BCUT2D eigenvalue weighted by atomic mass is 10.0. The van der Waals surface area contributed by atoms with Gasteiger partial charge in [-0.2, -0.15) is 0 Å². The highest BCUT2D eigenvalue weighted by Gasteiger charge is 2.17. The highest BCUT2D eigenvalue weighted by Crippen LogP contribution is 2.27. The maximum Gasteiger partial charge on any atom is 0.346 e. The lowest BCUT2D eigenvalue weighted by molar-refractivity contribution is -0.120. The molecule has 0 saturated heterocycles. The number of aromatic carboxylic acids is 1. The molecule has 1 aromatic rings. The molecule has 0 saturated carbocycles. The molecule has 0 aliphatic carbocycles. The Morgan fingerprint density at radius 2 is 2.00 bits per heavy atom.